The number of nitrogens with zero attached hydrogens (tertiary/aromatic N) is 1. The van der Waals surface area contributed by atoms with Crippen LogP contribution in [0.15, 0.2) is 41.6 Å². The lowest BCUT2D eigenvalue weighted by Gasteiger charge is -2.50. The van der Waals surface area contributed by atoms with Crippen molar-refractivity contribution in [1.82, 2.24) is 10.2 Å². The quantitative estimate of drug-likeness (QED) is 0.489. The molecule has 2 amide bonds. The van der Waals surface area contributed by atoms with E-state index < -0.39 is 34.8 Å². The van der Waals surface area contributed by atoms with Crippen LogP contribution in [0.1, 0.15) is 27.2 Å². The van der Waals surface area contributed by atoms with Crippen molar-refractivity contribution in [2.45, 2.75) is 44.2 Å². The number of ether oxygens (including phenoxy) is 3. The molecule has 0 radical (unpaired) electrons. The minimum absolute atomic E-state index is 0.159. The molecule has 2 fully saturated rings. The van der Waals surface area contributed by atoms with Crippen LogP contribution in [0, 0.1) is 5.92 Å². The molecule has 0 spiro atoms. The van der Waals surface area contributed by atoms with Crippen LogP contribution >= 0.6 is 11.8 Å². The Kier molecular flexibility index (Phi) is 6.38. The van der Waals surface area contributed by atoms with Crippen molar-refractivity contribution in [2.75, 3.05) is 19.0 Å². The van der Waals surface area contributed by atoms with Crippen molar-refractivity contribution in [1.29, 1.82) is 0 Å². The van der Waals surface area contributed by atoms with E-state index in [4.69, 9.17) is 14.2 Å². The maximum absolute atomic E-state index is 13.1. The summed E-state index contributed by atoms with van der Waals surface area (Å²) in [6.45, 7) is 5.18. The highest BCUT2D eigenvalue weighted by Gasteiger charge is 2.55. The van der Waals surface area contributed by atoms with Crippen LogP contribution in [-0.4, -0.2) is 64.6 Å². The summed E-state index contributed by atoms with van der Waals surface area (Å²) >= 11 is 1.43. The van der Waals surface area contributed by atoms with Gasteiger partial charge in [-0.1, -0.05) is 18.2 Å². The lowest BCUT2D eigenvalue weighted by molar-refractivity contribution is -0.159. The number of thioether (sulfide) groups is 1. The van der Waals surface area contributed by atoms with Gasteiger partial charge >= 0.3 is 11.9 Å². The zero-order valence-corrected chi connectivity index (χ0v) is 19.5. The molecular formula is C23H26N2O7S. The monoisotopic (exact) mass is 474 g/mol. The predicted molar refractivity (Wildman–Crippen MR) is 119 cm³/mol. The van der Waals surface area contributed by atoms with Crippen LogP contribution < -0.4 is 10.1 Å². The SMILES string of the molecule is CC(C)(C)OC(=O)C1=C(C2COC(=O)C2)CS[C@@H]2[C@H](NC(=O)COc3ccccc3)C(=O)N12. The average Bonchev–Trinajstić information content (AvgIpc) is 3.20. The lowest BCUT2D eigenvalue weighted by atomic mass is 9.94. The second kappa shape index (κ2) is 9.09. The first-order valence-corrected chi connectivity index (χ1v) is 11.7. The van der Waals surface area contributed by atoms with E-state index in [2.05, 4.69) is 5.32 Å². The van der Waals surface area contributed by atoms with Crippen molar-refractivity contribution in [3.8, 4) is 5.75 Å². The Morgan fingerprint density at radius 1 is 1.21 bits per heavy atom. The Balaban J connectivity index is 1.48. The Morgan fingerprint density at radius 2 is 1.94 bits per heavy atom. The van der Waals surface area contributed by atoms with E-state index >= 15 is 0 Å². The van der Waals surface area contributed by atoms with Gasteiger partial charge in [-0.3, -0.25) is 19.3 Å². The molecule has 10 heteroatoms. The number of carbonyl (C=O) groups is 4. The van der Waals surface area contributed by atoms with Gasteiger partial charge in [-0.25, -0.2) is 4.79 Å². The summed E-state index contributed by atoms with van der Waals surface area (Å²) in [5, 5.41) is 2.26. The Hall–Kier alpha value is -3.01. The minimum Gasteiger partial charge on any atom is -0.484 e. The number of benzene rings is 1. The first kappa shape index (κ1) is 23.2. The van der Waals surface area contributed by atoms with Crippen LogP contribution in [0.5, 0.6) is 5.75 Å². The van der Waals surface area contributed by atoms with Gasteiger partial charge in [-0.15, -0.1) is 11.8 Å². The molecule has 1 N–H and O–H groups in total. The zero-order chi connectivity index (χ0) is 23.8. The molecule has 2 saturated heterocycles. The molecule has 1 unspecified atom stereocenters. The number of hydrogen-bond acceptors (Lipinski definition) is 8. The van der Waals surface area contributed by atoms with Gasteiger partial charge in [-0.2, -0.15) is 0 Å². The normalized spacial score (nSPS) is 24.6. The van der Waals surface area contributed by atoms with Crippen molar-refractivity contribution in [3.05, 3.63) is 41.6 Å². The van der Waals surface area contributed by atoms with Gasteiger partial charge in [0.1, 0.15) is 28.5 Å². The van der Waals surface area contributed by atoms with Gasteiger partial charge in [0.2, 0.25) is 0 Å². The lowest BCUT2D eigenvalue weighted by Crippen LogP contribution is -2.71. The smallest absolute Gasteiger partial charge is 0.355 e. The molecule has 3 aliphatic heterocycles. The number of esters is 2. The molecule has 3 heterocycles. The minimum atomic E-state index is -0.776. The molecule has 0 aliphatic carbocycles. The number of carbonyl (C=O) groups excluding carboxylic acids is 4. The summed E-state index contributed by atoms with van der Waals surface area (Å²) in [6.07, 6.45) is 0.159. The highest BCUT2D eigenvalue weighted by Crippen LogP contribution is 2.44. The van der Waals surface area contributed by atoms with Gasteiger partial charge in [0.25, 0.3) is 11.8 Å². The van der Waals surface area contributed by atoms with Crippen LogP contribution in [0.25, 0.3) is 0 Å². The third kappa shape index (κ3) is 5.00. The summed E-state index contributed by atoms with van der Waals surface area (Å²) < 4.78 is 16.1. The highest BCUT2D eigenvalue weighted by atomic mass is 32.2. The number of nitrogens with one attached hydrogen (secondary N) is 1. The molecule has 9 nitrogen and oxygen atoms in total. The van der Waals surface area contributed by atoms with E-state index in [1.54, 1.807) is 45.0 Å². The number of amides is 2. The number of fused-ring (bicyclic) bond motifs is 1. The van der Waals surface area contributed by atoms with Gasteiger partial charge < -0.3 is 19.5 Å². The van der Waals surface area contributed by atoms with Gasteiger partial charge in [0.05, 0.1) is 13.0 Å². The van der Waals surface area contributed by atoms with E-state index in [1.165, 1.54) is 16.7 Å². The van der Waals surface area contributed by atoms with Crippen LogP contribution in [-0.2, 0) is 28.7 Å². The fourth-order valence-electron chi connectivity index (χ4n) is 3.89. The molecule has 3 atom stereocenters. The molecular weight excluding hydrogens is 448 g/mol. The van der Waals surface area contributed by atoms with E-state index in [-0.39, 0.29) is 37.2 Å². The molecule has 176 valence electrons. The number of hydrogen-bond donors (Lipinski definition) is 1. The first-order valence-electron chi connectivity index (χ1n) is 10.7. The van der Waals surface area contributed by atoms with Gasteiger partial charge in [0, 0.05) is 11.7 Å². The van der Waals surface area contributed by atoms with Crippen molar-refractivity contribution < 1.29 is 33.4 Å². The standard InChI is InChI=1S/C23H26N2O7S/c1-23(2,3)32-22(29)19-15(13-9-17(27)31-10-13)12-33-21-18(20(28)25(19)21)24-16(26)11-30-14-7-5-4-6-8-14/h4-8,13,18,21H,9-12H2,1-3H3,(H,24,26)/t13?,18-,21-/m1/s1. The van der Waals surface area contributed by atoms with Gasteiger partial charge in [0.15, 0.2) is 6.61 Å². The maximum atomic E-state index is 13.1. The third-order valence-electron chi connectivity index (χ3n) is 5.37. The first-order chi connectivity index (χ1) is 15.6. The van der Waals surface area contributed by atoms with Crippen molar-refractivity contribution >= 4 is 35.5 Å². The van der Waals surface area contributed by atoms with E-state index in [1.807, 2.05) is 6.07 Å². The van der Waals surface area contributed by atoms with E-state index in [9.17, 15) is 19.2 Å². The molecule has 33 heavy (non-hydrogen) atoms. The van der Waals surface area contributed by atoms with Crippen molar-refractivity contribution in [2.24, 2.45) is 5.92 Å². The molecule has 1 aromatic rings. The molecule has 0 aromatic heterocycles. The van der Waals surface area contributed by atoms with Crippen LogP contribution in [0.4, 0.5) is 0 Å². The summed E-state index contributed by atoms with van der Waals surface area (Å²) in [5.41, 5.74) is 0.0722. The summed E-state index contributed by atoms with van der Waals surface area (Å²) in [5.74, 6) is -1.08. The maximum Gasteiger partial charge on any atom is 0.355 e. The average molecular weight is 475 g/mol. The van der Waals surface area contributed by atoms with Gasteiger partial charge in [-0.05, 0) is 38.5 Å². The number of para-hydroxylation sites is 1. The number of cyclic esters (lactones) is 1. The Bertz CT molecular complexity index is 1000. The fourth-order valence-corrected chi connectivity index (χ4v) is 5.35. The predicted octanol–water partition coefficient (Wildman–Crippen LogP) is 1.62. The summed E-state index contributed by atoms with van der Waals surface area (Å²) in [6, 6.07) is 8.12. The second-order valence-corrected chi connectivity index (χ2v) is 10.1. The molecule has 3 aliphatic rings. The summed E-state index contributed by atoms with van der Waals surface area (Å²) in [7, 11) is 0. The van der Waals surface area contributed by atoms with Crippen LogP contribution in [0.3, 0.4) is 0 Å². The number of β-lactam (4-membered cyclic amide) rings is 1. The second-order valence-electron chi connectivity index (χ2n) is 9.02. The Morgan fingerprint density at radius 3 is 2.58 bits per heavy atom. The number of rotatable bonds is 6. The van der Waals surface area contributed by atoms with E-state index in [0.717, 1.165) is 0 Å². The molecule has 4 rings (SSSR count). The fraction of sp³-hybridized carbons (Fsp3) is 0.478. The van der Waals surface area contributed by atoms with Crippen molar-refractivity contribution in [3.63, 3.8) is 0 Å². The third-order valence-corrected chi connectivity index (χ3v) is 6.67. The zero-order valence-electron chi connectivity index (χ0n) is 18.7. The topological polar surface area (TPSA) is 111 Å². The molecule has 1 aromatic carbocycles. The van der Waals surface area contributed by atoms with E-state index in [0.29, 0.717) is 17.1 Å². The molecule has 0 saturated carbocycles. The largest absolute Gasteiger partial charge is 0.484 e. The Labute approximate surface area is 195 Å². The summed E-state index contributed by atoms with van der Waals surface area (Å²) in [4.78, 5) is 51.5. The van der Waals surface area contributed by atoms with Crippen LogP contribution in [0.2, 0.25) is 0 Å². The highest BCUT2D eigenvalue weighted by molar-refractivity contribution is 8.00. The molecule has 0 bridgehead atoms.